The highest BCUT2D eigenvalue weighted by atomic mass is 32.1. The summed E-state index contributed by atoms with van der Waals surface area (Å²) in [6, 6.07) is 8.32. The van der Waals surface area contributed by atoms with E-state index in [0.717, 1.165) is 41.9 Å². The topological polar surface area (TPSA) is 76.0 Å². The normalized spacial score (nSPS) is 17.0. The molecule has 1 aliphatic heterocycles. The first-order chi connectivity index (χ1) is 13.6. The van der Waals surface area contributed by atoms with Crippen LogP contribution >= 0.6 is 11.3 Å². The Hall–Kier alpha value is -2.51. The highest BCUT2D eigenvalue weighted by Gasteiger charge is 2.16. The van der Waals surface area contributed by atoms with Gasteiger partial charge in [-0.25, -0.2) is 4.98 Å². The van der Waals surface area contributed by atoms with Crippen LogP contribution < -0.4 is 16.2 Å². The Morgan fingerprint density at radius 1 is 1.36 bits per heavy atom. The Bertz CT molecular complexity index is 1030. The Labute approximate surface area is 167 Å². The van der Waals surface area contributed by atoms with Gasteiger partial charge in [0.05, 0.1) is 11.7 Å². The van der Waals surface area contributed by atoms with Gasteiger partial charge in [0.1, 0.15) is 4.83 Å². The molecule has 1 aliphatic rings. The maximum absolute atomic E-state index is 13.0. The summed E-state index contributed by atoms with van der Waals surface area (Å²) in [6.07, 6.45) is 3.90. The zero-order chi connectivity index (χ0) is 19.5. The van der Waals surface area contributed by atoms with E-state index < -0.39 is 0 Å². The number of hydrogen-bond acceptors (Lipinski definition) is 5. The Morgan fingerprint density at radius 3 is 2.93 bits per heavy atom. The average Bonchev–Trinajstić information content (AvgIpc) is 3.14. The van der Waals surface area contributed by atoms with Gasteiger partial charge >= 0.3 is 0 Å². The van der Waals surface area contributed by atoms with E-state index in [1.165, 1.54) is 16.9 Å². The van der Waals surface area contributed by atoms with E-state index in [2.05, 4.69) is 15.6 Å². The molecule has 0 bridgehead atoms. The van der Waals surface area contributed by atoms with Crippen molar-refractivity contribution in [3.05, 3.63) is 51.9 Å². The smallest absolute Gasteiger partial charge is 0.262 e. The zero-order valence-corrected chi connectivity index (χ0v) is 16.7. The molecule has 0 unspecified atom stereocenters. The van der Waals surface area contributed by atoms with Crippen LogP contribution in [0, 0.1) is 6.92 Å². The number of aromatic nitrogens is 2. The van der Waals surface area contributed by atoms with Crippen molar-refractivity contribution < 1.29 is 4.79 Å². The van der Waals surface area contributed by atoms with E-state index in [4.69, 9.17) is 0 Å². The molecule has 146 valence electrons. The lowest BCUT2D eigenvalue weighted by Gasteiger charge is -2.23. The minimum absolute atomic E-state index is 0.0234. The molecule has 4 rings (SSSR count). The van der Waals surface area contributed by atoms with Crippen molar-refractivity contribution in [3.8, 4) is 11.1 Å². The molecule has 2 aromatic heterocycles. The number of aryl methyl sites for hydroxylation is 2. The summed E-state index contributed by atoms with van der Waals surface area (Å²) in [4.78, 5) is 30.5. The lowest BCUT2D eigenvalue weighted by molar-refractivity contribution is -0.122. The summed E-state index contributed by atoms with van der Waals surface area (Å²) in [7, 11) is 0. The van der Waals surface area contributed by atoms with Gasteiger partial charge in [-0.3, -0.25) is 14.2 Å². The molecule has 1 atom stereocenters. The zero-order valence-electron chi connectivity index (χ0n) is 15.9. The number of fused-ring (bicyclic) bond motifs is 1. The molecule has 1 amide bonds. The van der Waals surface area contributed by atoms with Crippen LogP contribution in [0.2, 0.25) is 0 Å². The maximum Gasteiger partial charge on any atom is 0.262 e. The molecule has 3 aromatic rings. The monoisotopic (exact) mass is 396 g/mol. The second kappa shape index (κ2) is 8.24. The summed E-state index contributed by atoms with van der Waals surface area (Å²) in [5.74, 6) is -0.0234. The van der Waals surface area contributed by atoms with Crippen LogP contribution in [0.1, 0.15) is 24.8 Å². The minimum atomic E-state index is -0.0889. The van der Waals surface area contributed by atoms with Crippen molar-refractivity contribution >= 4 is 27.5 Å². The van der Waals surface area contributed by atoms with Gasteiger partial charge in [-0.2, -0.15) is 0 Å². The van der Waals surface area contributed by atoms with Gasteiger partial charge in [0.2, 0.25) is 5.91 Å². The van der Waals surface area contributed by atoms with Crippen LogP contribution in [0.25, 0.3) is 21.3 Å². The molecule has 0 spiro atoms. The number of hydrogen-bond donors (Lipinski definition) is 2. The first-order valence-corrected chi connectivity index (χ1v) is 10.5. The van der Waals surface area contributed by atoms with Crippen molar-refractivity contribution in [2.45, 2.75) is 38.8 Å². The fraction of sp³-hybridized carbons (Fsp3) is 0.381. The maximum atomic E-state index is 13.0. The quantitative estimate of drug-likeness (QED) is 0.695. The average molecular weight is 397 g/mol. The largest absolute Gasteiger partial charge is 0.352 e. The van der Waals surface area contributed by atoms with Gasteiger partial charge in [0, 0.05) is 36.5 Å². The van der Waals surface area contributed by atoms with Gasteiger partial charge < -0.3 is 10.6 Å². The molecule has 0 saturated carbocycles. The van der Waals surface area contributed by atoms with Gasteiger partial charge in [-0.1, -0.05) is 29.8 Å². The lowest BCUT2D eigenvalue weighted by atomic mass is 10.1. The summed E-state index contributed by atoms with van der Waals surface area (Å²) in [5, 5.41) is 8.95. The first-order valence-electron chi connectivity index (χ1n) is 9.65. The minimum Gasteiger partial charge on any atom is -0.352 e. The number of nitrogens with one attached hydrogen (secondary N) is 2. The Balaban J connectivity index is 1.52. The molecule has 28 heavy (non-hydrogen) atoms. The van der Waals surface area contributed by atoms with E-state index in [9.17, 15) is 9.59 Å². The fourth-order valence-corrected chi connectivity index (χ4v) is 4.48. The molecule has 1 fully saturated rings. The summed E-state index contributed by atoms with van der Waals surface area (Å²) >= 11 is 1.47. The molecule has 3 heterocycles. The molecule has 2 N–H and O–H groups in total. The SMILES string of the molecule is Cc1ccc(-c2csc3ncn(CCC(=O)N[C@H]4CCCNC4)c(=O)c23)cc1. The fourth-order valence-electron chi connectivity index (χ4n) is 3.57. The molecule has 1 saturated heterocycles. The number of benzene rings is 1. The predicted molar refractivity (Wildman–Crippen MR) is 113 cm³/mol. The summed E-state index contributed by atoms with van der Waals surface area (Å²) < 4.78 is 1.55. The van der Waals surface area contributed by atoms with E-state index in [-0.39, 0.29) is 23.9 Å². The second-order valence-electron chi connectivity index (χ2n) is 7.30. The number of nitrogens with zero attached hydrogens (tertiary/aromatic N) is 2. The number of carbonyl (C=O) groups excluding carboxylic acids is 1. The van der Waals surface area contributed by atoms with Gasteiger partial charge in [0.25, 0.3) is 5.56 Å². The molecule has 1 aromatic carbocycles. The van der Waals surface area contributed by atoms with E-state index in [1.807, 2.05) is 36.6 Å². The highest BCUT2D eigenvalue weighted by molar-refractivity contribution is 7.17. The highest BCUT2D eigenvalue weighted by Crippen LogP contribution is 2.30. The van der Waals surface area contributed by atoms with Crippen LogP contribution in [0.5, 0.6) is 0 Å². The van der Waals surface area contributed by atoms with Crippen LogP contribution in [-0.2, 0) is 11.3 Å². The van der Waals surface area contributed by atoms with Gasteiger partial charge in [-0.05, 0) is 31.9 Å². The van der Waals surface area contributed by atoms with Crippen molar-refractivity contribution in [1.29, 1.82) is 0 Å². The Kier molecular flexibility index (Phi) is 5.54. The first kappa shape index (κ1) is 18.8. The number of rotatable bonds is 5. The third-order valence-corrected chi connectivity index (χ3v) is 6.05. The predicted octanol–water partition coefficient (Wildman–Crippen LogP) is 2.69. The molecule has 7 heteroatoms. The molecular weight excluding hydrogens is 372 g/mol. The Morgan fingerprint density at radius 2 is 2.18 bits per heavy atom. The van der Waals surface area contributed by atoms with Gasteiger partial charge in [0.15, 0.2) is 0 Å². The van der Waals surface area contributed by atoms with Crippen molar-refractivity contribution in [2.75, 3.05) is 13.1 Å². The molecule has 0 aliphatic carbocycles. The molecular formula is C21H24N4O2S. The standard InChI is InChI=1S/C21H24N4O2S/c1-14-4-6-15(7-5-14)17-12-28-20-19(17)21(27)25(13-23-20)10-8-18(26)24-16-3-2-9-22-11-16/h4-7,12-13,16,22H,2-3,8-11H2,1H3,(H,24,26)/t16-/m0/s1. The third kappa shape index (κ3) is 4.00. The van der Waals surface area contributed by atoms with Crippen molar-refractivity contribution in [3.63, 3.8) is 0 Å². The van der Waals surface area contributed by atoms with Crippen LogP contribution in [0.3, 0.4) is 0 Å². The third-order valence-electron chi connectivity index (χ3n) is 5.17. The summed E-state index contributed by atoms with van der Waals surface area (Å²) in [5.41, 5.74) is 3.01. The number of piperidine rings is 1. The van der Waals surface area contributed by atoms with Crippen LogP contribution in [0.4, 0.5) is 0 Å². The van der Waals surface area contributed by atoms with Gasteiger partial charge in [-0.15, -0.1) is 11.3 Å². The lowest BCUT2D eigenvalue weighted by Crippen LogP contribution is -2.45. The van der Waals surface area contributed by atoms with E-state index in [0.29, 0.717) is 11.9 Å². The van der Waals surface area contributed by atoms with Crippen molar-refractivity contribution in [2.24, 2.45) is 0 Å². The summed E-state index contributed by atoms with van der Waals surface area (Å²) in [6.45, 7) is 4.20. The van der Waals surface area contributed by atoms with Crippen LogP contribution in [0.15, 0.2) is 40.8 Å². The van der Waals surface area contributed by atoms with Crippen LogP contribution in [-0.4, -0.2) is 34.6 Å². The van der Waals surface area contributed by atoms with Crippen molar-refractivity contribution in [1.82, 2.24) is 20.2 Å². The number of carbonyl (C=O) groups is 1. The number of thiophene rings is 1. The molecule has 0 radical (unpaired) electrons. The number of amides is 1. The second-order valence-corrected chi connectivity index (χ2v) is 8.16. The van der Waals surface area contributed by atoms with E-state index in [1.54, 1.807) is 10.9 Å². The van der Waals surface area contributed by atoms with E-state index >= 15 is 0 Å². The molecule has 6 nitrogen and oxygen atoms in total.